The fourth-order valence-corrected chi connectivity index (χ4v) is 0.990. The first-order valence-electron chi connectivity index (χ1n) is 3.88. The lowest BCUT2D eigenvalue weighted by Gasteiger charge is -2.06. The van der Waals surface area contributed by atoms with Crippen LogP contribution < -0.4 is 10.5 Å². The van der Waals surface area contributed by atoms with E-state index in [0.717, 1.165) is 0 Å². The van der Waals surface area contributed by atoms with Crippen LogP contribution in [-0.4, -0.2) is 25.3 Å². The summed E-state index contributed by atoms with van der Waals surface area (Å²) in [5.74, 6) is -0.545. The first-order valence-corrected chi connectivity index (χ1v) is 4.26. The fourth-order valence-electron chi connectivity index (χ4n) is 0.797. The van der Waals surface area contributed by atoms with Crippen LogP contribution in [0.4, 0.5) is 10.1 Å². The van der Waals surface area contributed by atoms with E-state index < -0.39 is 5.82 Å². The van der Waals surface area contributed by atoms with Gasteiger partial charge in [-0.25, -0.2) is 4.39 Å². The van der Waals surface area contributed by atoms with Gasteiger partial charge < -0.3 is 15.2 Å². The number of rotatable bonds is 4. The van der Waals surface area contributed by atoms with Crippen LogP contribution in [0, 0.1) is 5.82 Å². The first-order chi connectivity index (χ1) is 6.65. The Morgan fingerprint density at radius 1 is 1.57 bits per heavy atom. The molecule has 0 bridgehead atoms. The molecule has 1 aromatic heterocycles. The van der Waals surface area contributed by atoms with Crippen molar-refractivity contribution >= 4 is 17.3 Å². The van der Waals surface area contributed by atoms with Crippen LogP contribution in [0.3, 0.4) is 0 Å². The van der Waals surface area contributed by atoms with Gasteiger partial charge in [0.15, 0.2) is 11.0 Å². The summed E-state index contributed by atoms with van der Waals surface area (Å²) < 4.78 is 22.8. The van der Waals surface area contributed by atoms with Crippen molar-refractivity contribution in [2.45, 2.75) is 0 Å². The fraction of sp³-hybridized carbons (Fsp3) is 0.375. The lowest BCUT2D eigenvalue weighted by molar-refractivity contribution is 0.143. The number of hydrogen-bond donors (Lipinski definition) is 1. The maximum atomic E-state index is 12.9. The lowest BCUT2D eigenvalue weighted by atomic mass is 10.4. The largest absolute Gasteiger partial charge is 0.475 e. The maximum absolute atomic E-state index is 12.9. The molecule has 0 aliphatic rings. The predicted molar refractivity (Wildman–Crippen MR) is 51.0 cm³/mol. The van der Waals surface area contributed by atoms with Crippen LogP contribution in [0.25, 0.3) is 0 Å². The van der Waals surface area contributed by atoms with Crippen LogP contribution in [0.5, 0.6) is 5.88 Å². The predicted octanol–water partition coefficient (Wildman–Crippen LogP) is 1.48. The summed E-state index contributed by atoms with van der Waals surface area (Å²) in [5, 5.41) is -0.294. The molecule has 0 unspecified atom stereocenters. The van der Waals surface area contributed by atoms with Gasteiger partial charge in [-0.2, -0.15) is 4.98 Å². The third kappa shape index (κ3) is 2.71. The number of nitrogens with zero attached hydrogens (tertiary/aromatic N) is 1. The number of halogens is 2. The minimum Gasteiger partial charge on any atom is -0.475 e. The third-order valence-corrected chi connectivity index (χ3v) is 1.71. The molecule has 0 saturated heterocycles. The molecule has 0 radical (unpaired) electrons. The molecule has 6 heteroatoms. The Balaban J connectivity index is 2.69. The summed E-state index contributed by atoms with van der Waals surface area (Å²) >= 11 is 5.45. The Morgan fingerprint density at radius 3 is 2.86 bits per heavy atom. The summed E-state index contributed by atoms with van der Waals surface area (Å²) in [5.41, 5.74) is 5.23. The van der Waals surface area contributed by atoms with Gasteiger partial charge in [-0.3, -0.25) is 0 Å². The van der Waals surface area contributed by atoms with E-state index in [4.69, 9.17) is 26.8 Å². The van der Waals surface area contributed by atoms with Crippen LogP contribution in [0.2, 0.25) is 5.15 Å². The highest BCUT2D eigenvalue weighted by Gasteiger charge is 2.08. The van der Waals surface area contributed by atoms with Crippen molar-refractivity contribution in [3.63, 3.8) is 0 Å². The Bertz CT molecular complexity index is 299. The molecule has 0 fully saturated rings. The standard InChI is InChI=1S/C8H10ClFN2O2/c1-13-2-3-14-6-4-5(11)7(10)8(9)12-6/h4H,2-3H2,1H3,(H2,11,12). The van der Waals surface area contributed by atoms with Gasteiger partial charge in [-0.1, -0.05) is 11.6 Å². The zero-order valence-corrected chi connectivity index (χ0v) is 8.34. The lowest BCUT2D eigenvalue weighted by Crippen LogP contribution is -2.06. The highest BCUT2D eigenvalue weighted by atomic mass is 35.5. The summed E-state index contributed by atoms with van der Waals surface area (Å²) in [6, 6.07) is 1.27. The Hall–Kier alpha value is -1.07. The van der Waals surface area contributed by atoms with E-state index in [2.05, 4.69) is 4.98 Å². The molecule has 0 aliphatic carbocycles. The average Bonchev–Trinajstić information content (AvgIpc) is 2.14. The number of nitrogen functional groups attached to an aromatic ring is 1. The smallest absolute Gasteiger partial charge is 0.217 e. The van der Waals surface area contributed by atoms with Gasteiger partial charge in [0.1, 0.15) is 6.61 Å². The minimum atomic E-state index is -0.731. The molecule has 0 aromatic carbocycles. The van der Waals surface area contributed by atoms with Gasteiger partial charge in [0.05, 0.1) is 12.3 Å². The Morgan fingerprint density at radius 2 is 2.29 bits per heavy atom. The van der Waals surface area contributed by atoms with Crippen LogP contribution in [0.1, 0.15) is 0 Å². The van der Waals surface area contributed by atoms with Crippen molar-refractivity contribution in [2.75, 3.05) is 26.1 Å². The molecule has 0 saturated carbocycles. The van der Waals surface area contributed by atoms with Gasteiger partial charge in [0.25, 0.3) is 0 Å². The van der Waals surface area contributed by atoms with Gasteiger partial charge in [0, 0.05) is 13.2 Å². The highest BCUT2D eigenvalue weighted by molar-refractivity contribution is 6.29. The maximum Gasteiger partial charge on any atom is 0.217 e. The molecule has 1 heterocycles. The van der Waals surface area contributed by atoms with Crippen LogP contribution in [0.15, 0.2) is 6.07 Å². The van der Waals surface area contributed by atoms with Crippen molar-refractivity contribution in [1.82, 2.24) is 4.98 Å². The number of hydrogen-bond acceptors (Lipinski definition) is 4. The topological polar surface area (TPSA) is 57.4 Å². The summed E-state index contributed by atoms with van der Waals surface area (Å²) in [6.45, 7) is 0.724. The number of aromatic nitrogens is 1. The zero-order chi connectivity index (χ0) is 10.6. The molecule has 0 amide bonds. The molecule has 1 rings (SSSR count). The third-order valence-electron chi connectivity index (χ3n) is 1.46. The first kappa shape index (κ1) is 11.0. The van der Waals surface area contributed by atoms with Gasteiger partial charge in [-0.05, 0) is 0 Å². The summed E-state index contributed by atoms with van der Waals surface area (Å²) in [6.07, 6.45) is 0. The second-order valence-corrected chi connectivity index (χ2v) is 2.85. The van der Waals surface area contributed by atoms with Crippen molar-refractivity contribution in [1.29, 1.82) is 0 Å². The second-order valence-electron chi connectivity index (χ2n) is 2.50. The van der Waals surface area contributed by atoms with E-state index >= 15 is 0 Å². The molecule has 4 nitrogen and oxygen atoms in total. The van der Waals surface area contributed by atoms with Crippen LogP contribution >= 0.6 is 11.6 Å². The number of methoxy groups -OCH3 is 1. The van der Waals surface area contributed by atoms with E-state index in [1.54, 1.807) is 7.11 Å². The van der Waals surface area contributed by atoms with Gasteiger partial charge in [0.2, 0.25) is 5.88 Å². The molecule has 2 N–H and O–H groups in total. The van der Waals surface area contributed by atoms with E-state index in [1.165, 1.54) is 6.07 Å². The van der Waals surface area contributed by atoms with E-state index in [-0.39, 0.29) is 16.7 Å². The second kappa shape index (κ2) is 4.97. The number of pyridine rings is 1. The number of nitrogens with two attached hydrogens (primary N) is 1. The Labute approximate surface area is 85.8 Å². The average molecular weight is 221 g/mol. The molecule has 14 heavy (non-hydrogen) atoms. The van der Waals surface area contributed by atoms with Crippen molar-refractivity contribution < 1.29 is 13.9 Å². The molecular weight excluding hydrogens is 211 g/mol. The van der Waals surface area contributed by atoms with E-state index in [9.17, 15) is 4.39 Å². The molecule has 0 spiro atoms. The molecule has 0 aliphatic heterocycles. The summed E-state index contributed by atoms with van der Waals surface area (Å²) in [4.78, 5) is 3.64. The molecule has 78 valence electrons. The van der Waals surface area contributed by atoms with Gasteiger partial charge in [-0.15, -0.1) is 0 Å². The van der Waals surface area contributed by atoms with Gasteiger partial charge >= 0.3 is 0 Å². The van der Waals surface area contributed by atoms with E-state index in [0.29, 0.717) is 13.2 Å². The quantitative estimate of drug-likeness (QED) is 0.617. The molecule has 0 atom stereocenters. The number of ether oxygens (including phenoxy) is 2. The normalized spacial score (nSPS) is 10.2. The number of anilines is 1. The van der Waals surface area contributed by atoms with Crippen molar-refractivity contribution in [2.24, 2.45) is 0 Å². The zero-order valence-electron chi connectivity index (χ0n) is 7.59. The summed E-state index contributed by atoms with van der Waals surface area (Å²) in [7, 11) is 1.54. The van der Waals surface area contributed by atoms with E-state index in [1.807, 2.05) is 0 Å². The SMILES string of the molecule is COCCOc1cc(N)c(F)c(Cl)n1. The van der Waals surface area contributed by atoms with Crippen LogP contribution in [-0.2, 0) is 4.74 Å². The van der Waals surface area contributed by atoms with Crippen molar-refractivity contribution in [3.8, 4) is 5.88 Å². The monoisotopic (exact) mass is 220 g/mol. The van der Waals surface area contributed by atoms with Crippen molar-refractivity contribution in [3.05, 3.63) is 17.0 Å². The highest BCUT2D eigenvalue weighted by Crippen LogP contribution is 2.22. The minimum absolute atomic E-state index is 0.0857. The Kier molecular flexibility index (Phi) is 3.91. The molecule has 1 aromatic rings. The molecular formula is C8H10ClFN2O2.